The number of fused-ring (bicyclic) bond motifs is 2. The van der Waals surface area contributed by atoms with Crippen molar-refractivity contribution in [2.75, 3.05) is 0 Å². The van der Waals surface area contributed by atoms with E-state index >= 15 is 0 Å². The van der Waals surface area contributed by atoms with Crippen LogP contribution in [0.4, 0.5) is 0 Å². The summed E-state index contributed by atoms with van der Waals surface area (Å²) in [4.78, 5) is 28.7. The molecule has 0 spiro atoms. The molecule has 0 aliphatic carbocycles. The fourth-order valence-corrected chi connectivity index (χ4v) is 4.87. The zero-order valence-corrected chi connectivity index (χ0v) is 16.4. The molecule has 0 N–H and O–H groups in total. The van der Waals surface area contributed by atoms with Crippen LogP contribution in [0.3, 0.4) is 0 Å². The summed E-state index contributed by atoms with van der Waals surface area (Å²) in [6, 6.07) is 13.1. The predicted molar refractivity (Wildman–Crippen MR) is 106 cm³/mol. The van der Waals surface area contributed by atoms with E-state index in [4.69, 9.17) is 0 Å². The van der Waals surface area contributed by atoms with Gasteiger partial charge in [0.15, 0.2) is 11.2 Å². The van der Waals surface area contributed by atoms with Crippen molar-refractivity contribution in [1.82, 2.24) is 18.7 Å². The SMILES string of the molecule is Cn1c(=O)c2c(nc(S(=O)(=O)Cc3ccc4ccccc4c3)n2C)n(C)c1=O. The van der Waals surface area contributed by atoms with Crippen molar-refractivity contribution < 1.29 is 8.42 Å². The van der Waals surface area contributed by atoms with E-state index in [0.29, 0.717) is 5.56 Å². The maximum Gasteiger partial charge on any atom is 0.332 e. The van der Waals surface area contributed by atoms with Crippen LogP contribution in [0.1, 0.15) is 5.56 Å². The van der Waals surface area contributed by atoms with Gasteiger partial charge in [0.2, 0.25) is 15.0 Å². The molecule has 0 bridgehead atoms. The molecule has 0 aliphatic heterocycles. The van der Waals surface area contributed by atoms with Gasteiger partial charge >= 0.3 is 5.69 Å². The second kappa shape index (κ2) is 6.16. The molecule has 8 nitrogen and oxygen atoms in total. The molecule has 4 aromatic rings. The van der Waals surface area contributed by atoms with Gasteiger partial charge in [0.25, 0.3) is 5.56 Å². The number of sulfone groups is 1. The molecule has 0 unspecified atom stereocenters. The van der Waals surface area contributed by atoms with Crippen LogP contribution in [-0.4, -0.2) is 27.1 Å². The topological polar surface area (TPSA) is 96.0 Å². The van der Waals surface area contributed by atoms with Crippen LogP contribution >= 0.6 is 0 Å². The average molecular weight is 398 g/mol. The molecule has 9 heteroatoms. The minimum atomic E-state index is -3.85. The van der Waals surface area contributed by atoms with Crippen LogP contribution in [0, 0.1) is 0 Å². The molecule has 0 aliphatic rings. The Bertz CT molecular complexity index is 1480. The summed E-state index contributed by atoms with van der Waals surface area (Å²) < 4.78 is 29.4. The lowest BCUT2D eigenvalue weighted by Crippen LogP contribution is -2.37. The summed E-state index contributed by atoms with van der Waals surface area (Å²) >= 11 is 0. The van der Waals surface area contributed by atoms with Crippen LogP contribution in [0.5, 0.6) is 0 Å². The molecule has 0 saturated heterocycles. The van der Waals surface area contributed by atoms with E-state index in [0.717, 1.165) is 15.3 Å². The number of imidazole rings is 1. The van der Waals surface area contributed by atoms with Gasteiger partial charge in [-0.3, -0.25) is 13.9 Å². The van der Waals surface area contributed by atoms with Crippen LogP contribution in [-0.2, 0) is 36.7 Å². The van der Waals surface area contributed by atoms with Crippen molar-refractivity contribution in [1.29, 1.82) is 0 Å². The predicted octanol–water partition coefficient (Wildman–Crippen LogP) is 1.10. The third-order valence-electron chi connectivity index (χ3n) is 4.88. The van der Waals surface area contributed by atoms with Crippen molar-refractivity contribution in [2.24, 2.45) is 21.1 Å². The molecular formula is C19H18N4O4S. The number of hydrogen-bond acceptors (Lipinski definition) is 5. The number of nitrogens with zero attached hydrogens (tertiary/aromatic N) is 4. The molecular weight excluding hydrogens is 380 g/mol. The summed E-state index contributed by atoms with van der Waals surface area (Å²) in [5, 5.41) is 1.72. The Labute approximate surface area is 160 Å². The van der Waals surface area contributed by atoms with E-state index < -0.39 is 21.1 Å². The minimum Gasteiger partial charge on any atom is -0.312 e. The first-order valence-electron chi connectivity index (χ1n) is 8.53. The lowest BCUT2D eigenvalue weighted by atomic mass is 10.1. The summed E-state index contributed by atoms with van der Waals surface area (Å²) in [6.45, 7) is 0. The van der Waals surface area contributed by atoms with Crippen molar-refractivity contribution in [2.45, 2.75) is 10.9 Å². The van der Waals surface area contributed by atoms with Gasteiger partial charge in [-0.05, 0) is 16.3 Å². The highest BCUT2D eigenvalue weighted by molar-refractivity contribution is 7.90. The van der Waals surface area contributed by atoms with Gasteiger partial charge in [0.05, 0.1) is 5.75 Å². The number of aryl methyl sites for hydroxylation is 2. The smallest absolute Gasteiger partial charge is 0.312 e. The fraction of sp³-hybridized carbons (Fsp3) is 0.211. The highest BCUT2D eigenvalue weighted by atomic mass is 32.2. The largest absolute Gasteiger partial charge is 0.332 e. The second-order valence-corrected chi connectivity index (χ2v) is 8.66. The number of aromatic nitrogens is 4. The van der Waals surface area contributed by atoms with Gasteiger partial charge in [-0.25, -0.2) is 13.2 Å². The van der Waals surface area contributed by atoms with Crippen LogP contribution in [0.25, 0.3) is 21.9 Å². The molecule has 0 atom stereocenters. The lowest BCUT2D eigenvalue weighted by Gasteiger charge is -2.06. The first-order chi connectivity index (χ1) is 13.2. The number of rotatable bonds is 3. The van der Waals surface area contributed by atoms with E-state index in [2.05, 4.69) is 4.98 Å². The van der Waals surface area contributed by atoms with Crippen LogP contribution in [0.2, 0.25) is 0 Å². The molecule has 0 radical (unpaired) electrons. The Hall–Kier alpha value is -3.20. The normalized spacial score (nSPS) is 12.1. The van der Waals surface area contributed by atoms with Gasteiger partial charge in [-0.15, -0.1) is 0 Å². The van der Waals surface area contributed by atoms with Gasteiger partial charge in [0, 0.05) is 21.1 Å². The zero-order valence-electron chi connectivity index (χ0n) is 15.6. The van der Waals surface area contributed by atoms with Gasteiger partial charge in [-0.1, -0.05) is 42.5 Å². The van der Waals surface area contributed by atoms with E-state index in [9.17, 15) is 18.0 Å². The van der Waals surface area contributed by atoms with Gasteiger partial charge in [-0.2, -0.15) is 4.98 Å². The highest BCUT2D eigenvalue weighted by Gasteiger charge is 2.26. The van der Waals surface area contributed by atoms with Crippen molar-refractivity contribution in [3.05, 3.63) is 68.9 Å². The maximum absolute atomic E-state index is 13.0. The molecule has 4 rings (SSSR count). The average Bonchev–Trinajstić information content (AvgIpc) is 3.02. The molecule has 0 amide bonds. The zero-order chi connectivity index (χ0) is 20.2. The van der Waals surface area contributed by atoms with E-state index in [1.54, 1.807) is 6.07 Å². The van der Waals surface area contributed by atoms with Gasteiger partial charge < -0.3 is 4.57 Å². The van der Waals surface area contributed by atoms with Crippen molar-refractivity contribution in [3.8, 4) is 0 Å². The Morgan fingerprint density at radius 3 is 2.29 bits per heavy atom. The Kier molecular flexibility index (Phi) is 4.00. The Balaban J connectivity index is 1.87. The van der Waals surface area contributed by atoms with E-state index in [1.165, 1.54) is 30.3 Å². The second-order valence-electron chi connectivity index (χ2n) is 6.77. The number of hydrogen-bond donors (Lipinski definition) is 0. The molecule has 0 saturated carbocycles. The molecule has 2 aromatic heterocycles. The third kappa shape index (κ3) is 2.66. The first kappa shape index (κ1) is 18.2. The van der Waals surface area contributed by atoms with Crippen LogP contribution in [0.15, 0.2) is 57.2 Å². The molecule has 28 heavy (non-hydrogen) atoms. The van der Waals surface area contributed by atoms with Crippen molar-refractivity contribution in [3.63, 3.8) is 0 Å². The lowest BCUT2D eigenvalue weighted by molar-refractivity contribution is 0.579. The monoisotopic (exact) mass is 398 g/mol. The first-order valence-corrected chi connectivity index (χ1v) is 10.2. The summed E-state index contributed by atoms with van der Waals surface area (Å²) in [6.07, 6.45) is 0. The summed E-state index contributed by atoms with van der Waals surface area (Å²) in [7, 11) is 0.424. The minimum absolute atomic E-state index is 0.0488. The standard InChI is InChI=1S/C19H18N4O4S/c1-21-15-16(22(2)19(25)23(3)17(15)24)20-18(21)28(26,27)11-12-8-9-13-6-4-5-7-14(13)10-12/h4-10H,11H2,1-3H3. The Morgan fingerprint density at radius 1 is 0.893 bits per heavy atom. The molecule has 144 valence electrons. The van der Waals surface area contributed by atoms with Gasteiger partial charge in [0.1, 0.15) is 0 Å². The Morgan fingerprint density at radius 2 is 1.57 bits per heavy atom. The molecule has 0 fully saturated rings. The summed E-state index contributed by atoms with van der Waals surface area (Å²) in [5.41, 5.74) is -0.406. The third-order valence-corrected chi connectivity index (χ3v) is 6.52. The maximum atomic E-state index is 13.0. The van der Waals surface area contributed by atoms with Crippen molar-refractivity contribution >= 4 is 31.8 Å². The molecule has 2 aromatic carbocycles. The fourth-order valence-electron chi connectivity index (χ4n) is 3.39. The highest BCUT2D eigenvalue weighted by Crippen LogP contribution is 2.21. The molecule has 2 heterocycles. The summed E-state index contributed by atoms with van der Waals surface area (Å²) in [5.74, 6) is -0.261. The van der Waals surface area contributed by atoms with E-state index in [1.807, 2.05) is 36.4 Å². The quantitative estimate of drug-likeness (QED) is 0.515. The van der Waals surface area contributed by atoms with Crippen LogP contribution < -0.4 is 11.2 Å². The number of benzene rings is 2. The van der Waals surface area contributed by atoms with E-state index in [-0.39, 0.29) is 22.1 Å².